The number of nitrogens with one attached hydrogen (secondary N) is 1. The molecule has 29 heavy (non-hydrogen) atoms. The molecule has 1 aliphatic rings. The minimum Gasteiger partial charge on any atom is -0.497 e. The van der Waals surface area contributed by atoms with Crippen LogP contribution in [0.15, 0.2) is 30.3 Å². The molecule has 0 atom stereocenters. The Morgan fingerprint density at radius 3 is 2.24 bits per heavy atom. The number of anilines is 2. The van der Waals surface area contributed by atoms with Crippen LogP contribution in [0.2, 0.25) is 0 Å². The topological polar surface area (TPSA) is 70.4 Å². The highest BCUT2D eigenvalue weighted by atomic mass is 19.4. The van der Waals surface area contributed by atoms with Crippen molar-refractivity contribution in [1.29, 1.82) is 5.26 Å². The number of pyridine rings is 1. The summed E-state index contributed by atoms with van der Waals surface area (Å²) in [6, 6.07) is 9.57. The first-order valence-electron chi connectivity index (χ1n) is 9.07. The van der Waals surface area contributed by atoms with Gasteiger partial charge in [0.05, 0.1) is 19.8 Å². The maximum absolute atomic E-state index is 13.0. The van der Waals surface area contributed by atoms with Crippen molar-refractivity contribution >= 4 is 11.5 Å². The summed E-state index contributed by atoms with van der Waals surface area (Å²) in [5.41, 5.74) is -0.00766. The normalized spacial score (nSPS) is 15.0. The van der Waals surface area contributed by atoms with E-state index < -0.39 is 11.9 Å². The first kappa shape index (κ1) is 20.6. The van der Waals surface area contributed by atoms with E-state index in [0.29, 0.717) is 37.4 Å². The number of hydrogen-bond donors (Lipinski definition) is 1. The summed E-state index contributed by atoms with van der Waals surface area (Å²) in [6.07, 6.45) is -3.18. The van der Waals surface area contributed by atoms with Gasteiger partial charge < -0.3 is 19.7 Å². The van der Waals surface area contributed by atoms with Crippen LogP contribution in [-0.4, -0.2) is 38.3 Å². The molecule has 0 unspecified atom stereocenters. The summed E-state index contributed by atoms with van der Waals surface area (Å²) in [5, 5.41) is 12.7. The van der Waals surface area contributed by atoms with Gasteiger partial charge in [0.25, 0.3) is 0 Å². The van der Waals surface area contributed by atoms with E-state index in [-0.39, 0.29) is 17.4 Å². The molecule has 0 bridgehead atoms. The van der Waals surface area contributed by atoms with Crippen molar-refractivity contribution in [3.63, 3.8) is 0 Å². The Kier molecular flexibility index (Phi) is 6.01. The number of benzene rings is 1. The molecule has 0 amide bonds. The maximum Gasteiger partial charge on any atom is 0.433 e. The molecular formula is C20H21F3N4O2. The Hall–Kier alpha value is -3.15. The highest BCUT2D eigenvalue weighted by molar-refractivity contribution is 5.56. The molecule has 1 fully saturated rings. The summed E-state index contributed by atoms with van der Waals surface area (Å²) in [4.78, 5) is 5.45. The molecular weight excluding hydrogens is 385 g/mol. The van der Waals surface area contributed by atoms with Gasteiger partial charge in [0.1, 0.15) is 29.1 Å². The van der Waals surface area contributed by atoms with Crippen molar-refractivity contribution in [3.05, 3.63) is 41.6 Å². The van der Waals surface area contributed by atoms with Crippen LogP contribution in [0.5, 0.6) is 11.5 Å². The molecule has 1 aromatic heterocycles. The van der Waals surface area contributed by atoms with E-state index in [1.54, 1.807) is 25.2 Å². The van der Waals surface area contributed by atoms with Crippen LogP contribution in [0, 0.1) is 11.3 Å². The molecule has 0 aliphatic carbocycles. The van der Waals surface area contributed by atoms with Gasteiger partial charge >= 0.3 is 6.18 Å². The average molecular weight is 406 g/mol. The lowest BCUT2D eigenvalue weighted by atomic mass is 10.0. The molecule has 3 rings (SSSR count). The number of rotatable bonds is 5. The first-order valence-corrected chi connectivity index (χ1v) is 9.07. The Bertz CT molecular complexity index is 881. The smallest absolute Gasteiger partial charge is 0.433 e. The van der Waals surface area contributed by atoms with E-state index in [1.807, 2.05) is 18.2 Å². The number of aromatic nitrogens is 1. The van der Waals surface area contributed by atoms with E-state index in [0.717, 1.165) is 11.8 Å². The number of methoxy groups -OCH3 is 2. The van der Waals surface area contributed by atoms with Crippen LogP contribution in [0.1, 0.15) is 24.1 Å². The lowest BCUT2D eigenvalue weighted by molar-refractivity contribution is -0.141. The molecule has 1 aliphatic heterocycles. The summed E-state index contributed by atoms with van der Waals surface area (Å²) in [5.74, 6) is 1.41. The van der Waals surface area contributed by atoms with Gasteiger partial charge in [-0.1, -0.05) is 0 Å². The minimum absolute atomic E-state index is 0.0869. The maximum atomic E-state index is 13.0. The van der Waals surface area contributed by atoms with Crippen molar-refractivity contribution in [2.24, 2.45) is 0 Å². The fraction of sp³-hybridized carbons (Fsp3) is 0.400. The molecule has 2 heterocycles. The molecule has 1 aromatic carbocycles. The van der Waals surface area contributed by atoms with Gasteiger partial charge in [0.15, 0.2) is 0 Å². The second-order valence-corrected chi connectivity index (χ2v) is 6.68. The number of hydrogen-bond acceptors (Lipinski definition) is 6. The molecule has 0 saturated carbocycles. The standard InChI is InChI=1S/C20H21F3N4O2/c1-28-16-9-15(10-17(11-16)29-2)25-14-5-7-27(8-6-14)19-13(12-24)3-4-18(26-19)20(21,22)23/h3-4,9-11,14,25H,5-8H2,1-2H3. The molecule has 1 N–H and O–H groups in total. The van der Waals surface area contributed by atoms with Crippen molar-refractivity contribution in [2.75, 3.05) is 37.5 Å². The summed E-state index contributed by atoms with van der Waals surface area (Å²) in [7, 11) is 3.15. The van der Waals surface area contributed by atoms with Gasteiger partial charge in [-0.05, 0) is 25.0 Å². The van der Waals surface area contributed by atoms with Crippen molar-refractivity contribution in [3.8, 4) is 17.6 Å². The van der Waals surface area contributed by atoms with E-state index >= 15 is 0 Å². The van der Waals surface area contributed by atoms with Crippen LogP contribution >= 0.6 is 0 Å². The number of nitriles is 1. The summed E-state index contributed by atoms with van der Waals surface area (Å²) in [6.45, 7) is 0.976. The quantitative estimate of drug-likeness (QED) is 0.807. The molecule has 0 spiro atoms. The number of ether oxygens (including phenoxy) is 2. The zero-order chi connectivity index (χ0) is 21.0. The Labute approximate surface area is 166 Å². The lowest BCUT2D eigenvalue weighted by Crippen LogP contribution is -2.40. The molecule has 0 radical (unpaired) electrons. The zero-order valence-electron chi connectivity index (χ0n) is 16.1. The second kappa shape index (κ2) is 8.47. The SMILES string of the molecule is COc1cc(NC2CCN(c3nc(C(F)(F)F)ccc3C#N)CC2)cc(OC)c1. The lowest BCUT2D eigenvalue weighted by Gasteiger charge is -2.34. The van der Waals surface area contributed by atoms with Gasteiger partial charge in [-0.15, -0.1) is 0 Å². The summed E-state index contributed by atoms with van der Waals surface area (Å²) >= 11 is 0. The Balaban J connectivity index is 1.71. The summed E-state index contributed by atoms with van der Waals surface area (Å²) < 4.78 is 49.5. The third kappa shape index (κ3) is 4.83. The van der Waals surface area contributed by atoms with Crippen LogP contribution in [0.4, 0.5) is 24.7 Å². The molecule has 6 nitrogen and oxygen atoms in total. The van der Waals surface area contributed by atoms with Gasteiger partial charge in [0.2, 0.25) is 0 Å². The molecule has 1 saturated heterocycles. The first-order chi connectivity index (χ1) is 13.8. The van der Waals surface area contributed by atoms with Gasteiger partial charge in [-0.3, -0.25) is 0 Å². The minimum atomic E-state index is -4.55. The van der Waals surface area contributed by atoms with Gasteiger partial charge in [-0.2, -0.15) is 18.4 Å². The Morgan fingerprint density at radius 2 is 1.72 bits per heavy atom. The predicted octanol–water partition coefficient (Wildman–Crippen LogP) is 4.07. The number of piperidine rings is 1. The fourth-order valence-electron chi connectivity index (χ4n) is 3.30. The molecule has 2 aromatic rings. The largest absolute Gasteiger partial charge is 0.497 e. The van der Waals surface area contributed by atoms with Gasteiger partial charge in [-0.25, -0.2) is 4.98 Å². The molecule has 9 heteroatoms. The van der Waals surface area contributed by atoms with Crippen LogP contribution < -0.4 is 19.7 Å². The van der Waals surface area contributed by atoms with E-state index in [4.69, 9.17) is 9.47 Å². The zero-order valence-corrected chi connectivity index (χ0v) is 16.1. The highest BCUT2D eigenvalue weighted by Gasteiger charge is 2.34. The number of halogens is 3. The Morgan fingerprint density at radius 1 is 1.10 bits per heavy atom. The van der Waals surface area contributed by atoms with Crippen LogP contribution in [0.3, 0.4) is 0 Å². The van der Waals surface area contributed by atoms with Gasteiger partial charge in [0, 0.05) is 43.0 Å². The molecule has 154 valence electrons. The van der Waals surface area contributed by atoms with Crippen LogP contribution in [0.25, 0.3) is 0 Å². The fourth-order valence-corrected chi connectivity index (χ4v) is 3.30. The third-order valence-corrected chi connectivity index (χ3v) is 4.80. The van der Waals surface area contributed by atoms with Crippen molar-refractivity contribution < 1.29 is 22.6 Å². The second-order valence-electron chi connectivity index (χ2n) is 6.68. The van der Waals surface area contributed by atoms with Crippen molar-refractivity contribution in [1.82, 2.24) is 4.98 Å². The van der Waals surface area contributed by atoms with Crippen LogP contribution in [-0.2, 0) is 6.18 Å². The predicted molar refractivity (Wildman–Crippen MR) is 102 cm³/mol. The van der Waals surface area contributed by atoms with E-state index in [1.165, 1.54) is 6.07 Å². The average Bonchev–Trinajstić information content (AvgIpc) is 2.72. The number of alkyl halides is 3. The van der Waals surface area contributed by atoms with Crippen molar-refractivity contribution in [2.45, 2.75) is 25.1 Å². The third-order valence-electron chi connectivity index (χ3n) is 4.80. The van der Waals surface area contributed by atoms with E-state index in [2.05, 4.69) is 10.3 Å². The van der Waals surface area contributed by atoms with E-state index in [9.17, 15) is 18.4 Å². The monoisotopic (exact) mass is 406 g/mol. The number of nitrogens with zero attached hydrogens (tertiary/aromatic N) is 3. The highest BCUT2D eigenvalue weighted by Crippen LogP contribution is 2.32.